The minimum atomic E-state index is 0.639. The molecule has 1 saturated heterocycles. The first-order valence-electron chi connectivity index (χ1n) is 8.03. The molecular formula is C15H28N4O. The summed E-state index contributed by atoms with van der Waals surface area (Å²) in [5, 5.41) is 7.25. The van der Waals surface area contributed by atoms with E-state index in [9.17, 15) is 0 Å². The number of aromatic nitrogens is 2. The van der Waals surface area contributed by atoms with Crippen molar-refractivity contribution in [3.05, 3.63) is 5.89 Å². The lowest BCUT2D eigenvalue weighted by Crippen LogP contribution is -2.44. The summed E-state index contributed by atoms with van der Waals surface area (Å²) >= 11 is 0. The predicted molar refractivity (Wildman–Crippen MR) is 80.9 cm³/mol. The quantitative estimate of drug-likeness (QED) is 0.832. The van der Waals surface area contributed by atoms with Crippen LogP contribution in [0, 0.1) is 0 Å². The number of aryl methyl sites for hydroxylation is 1. The summed E-state index contributed by atoms with van der Waals surface area (Å²) in [7, 11) is 0. The predicted octanol–water partition coefficient (Wildman–Crippen LogP) is 3.09. The van der Waals surface area contributed by atoms with E-state index in [0.717, 1.165) is 31.7 Å². The van der Waals surface area contributed by atoms with E-state index >= 15 is 0 Å². The van der Waals surface area contributed by atoms with Gasteiger partial charge in [0.25, 0.3) is 5.95 Å². The molecule has 0 spiro atoms. The van der Waals surface area contributed by atoms with Crippen molar-refractivity contribution in [2.24, 2.45) is 0 Å². The van der Waals surface area contributed by atoms with Crippen LogP contribution in [0.4, 0.5) is 5.95 Å². The Morgan fingerprint density at radius 2 is 2.25 bits per heavy atom. The summed E-state index contributed by atoms with van der Waals surface area (Å²) in [6.45, 7) is 8.86. The maximum atomic E-state index is 5.17. The molecule has 1 atom stereocenters. The van der Waals surface area contributed by atoms with Crippen LogP contribution in [0.3, 0.4) is 0 Å². The lowest BCUT2D eigenvalue weighted by atomic mass is 9.98. The molecule has 0 amide bonds. The second-order valence-electron chi connectivity index (χ2n) is 5.96. The Balaban J connectivity index is 1.76. The molecule has 2 heterocycles. The van der Waals surface area contributed by atoms with Gasteiger partial charge < -0.3 is 9.84 Å². The van der Waals surface area contributed by atoms with Gasteiger partial charge in [-0.2, -0.15) is 4.98 Å². The van der Waals surface area contributed by atoms with Gasteiger partial charge in [0, 0.05) is 25.0 Å². The van der Waals surface area contributed by atoms with Crippen molar-refractivity contribution < 1.29 is 4.52 Å². The van der Waals surface area contributed by atoms with Gasteiger partial charge in [0.1, 0.15) is 0 Å². The molecule has 1 fully saturated rings. The molecule has 1 aliphatic rings. The molecule has 1 aliphatic heterocycles. The Kier molecular flexibility index (Phi) is 5.83. The number of nitrogens with zero attached hydrogens (tertiary/aromatic N) is 3. The molecule has 1 aromatic rings. The van der Waals surface area contributed by atoms with Crippen molar-refractivity contribution in [1.29, 1.82) is 0 Å². The van der Waals surface area contributed by atoms with Crippen LogP contribution in [0.5, 0.6) is 0 Å². The van der Waals surface area contributed by atoms with Crippen LogP contribution in [0.25, 0.3) is 0 Å². The first-order chi connectivity index (χ1) is 9.70. The first kappa shape index (κ1) is 15.3. The van der Waals surface area contributed by atoms with E-state index in [1.807, 2.05) is 0 Å². The molecule has 0 saturated carbocycles. The van der Waals surface area contributed by atoms with Crippen LogP contribution >= 0.6 is 0 Å². The lowest BCUT2D eigenvalue weighted by molar-refractivity contribution is 0.108. The van der Waals surface area contributed by atoms with E-state index in [1.54, 1.807) is 0 Å². The molecule has 1 aromatic heterocycles. The van der Waals surface area contributed by atoms with Gasteiger partial charge in [-0.1, -0.05) is 13.3 Å². The fraction of sp³-hybridized carbons (Fsp3) is 0.867. The van der Waals surface area contributed by atoms with Crippen LogP contribution < -0.4 is 5.32 Å². The monoisotopic (exact) mass is 280 g/mol. The number of nitrogens with one attached hydrogen (secondary N) is 1. The summed E-state index contributed by atoms with van der Waals surface area (Å²) in [5.41, 5.74) is 0. The van der Waals surface area contributed by atoms with E-state index < -0.39 is 0 Å². The zero-order valence-corrected chi connectivity index (χ0v) is 13.1. The van der Waals surface area contributed by atoms with E-state index in [1.165, 1.54) is 25.8 Å². The zero-order chi connectivity index (χ0) is 14.4. The number of rotatable bonds is 7. The van der Waals surface area contributed by atoms with Gasteiger partial charge in [0.2, 0.25) is 5.89 Å². The summed E-state index contributed by atoms with van der Waals surface area (Å²) in [6.07, 6.45) is 7.05. The molecule has 2 rings (SSSR count). The third-order valence-corrected chi connectivity index (χ3v) is 4.03. The highest BCUT2D eigenvalue weighted by atomic mass is 16.5. The van der Waals surface area contributed by atoms with E-state index in [0.29, 0.717) is 18.0 Å². The van der Waals surface area contributed by atoms with Crippen molar-refractivity contribution in [3.8, 4) is 0 Å². The maximum Gasteiger partial charge on any atom is 0.263 e. The van der Waals surface area contributed by atoms with Gasteiger partial charge in [-0.25, -0.2) is 0 Å². The number of piperidine rings is 1. The van der Waals surface area contributed by atoms with E-state index in [4.69, 9.17) is 4.52 Å². The van der Waals surface area contributed by atoms with Gasteiger partial charge in [-0.3, -0.25) is 4.90 Å². The van der Waals surface area contributed by atoms with Gasteiger partial charge in [-0.15, -0.1) is 0 Å². The van der Waals surface area contributed by atoms with Crippen LogP contribution in [0.1, 0.15) is 58.8 Å². The molecule has 1 N–H and O–H groups in total. The second-order valence-corrected chi connectivity index (χ2v) is 5.96. The number of hydrogen-bond acceptors (Lipinski definition) is 5. The summed E-state index contributed by atoms with van der Waals surface area (Å²) in [4.78, 5) is 6.96. The second kappa shape index (κ2) is 7.62. The Bertz CT molecular complexity index is 391. The number of anilines is 1. The summed E-state index contributed by atoms with van der Waals surface area (Å²) in [6, 6.07) is 1.33. The van der Waals surface area contributed by atoms with Crippen molar-refractivity contribution in [1.82, 2.24) is 15.0 Å². The molecule has 0 bridgehead atoms. The SMILES string of the molecule is CCCc1nc(NCCC2CCCCN2C(C)C)no1. The normalized spacial score (nSPS) is 20.5. The minimum absolute atomic E-state index is 0.639. The van der Waals surface area contributed by atoms with Crippen molar-refractivity contribution in [3.63, 3.8) is 0 Å². The van der Waals surface area contributed by atoms with Crippen LogP contribution in [-0.2, 0) is 6.42 Å². The number of likely N-dealkylation sites (tertiary alicyclic amines) is 1. The van der Waals surface area contributed by atoms with Crippen LogP contribution in [-0.4, -0.2) is 40.2 Å². The Labute approximate surface area is 122 Å². The fourth-order valence-electron chi connectivity index (χ4n) is 3.01. The average Bonchev–Trinajstić information content (AvgIpc) is 2.87. The fourth-order valence-corrected chi connectivity index (χ4v) is 3.01. The molecule has 5 heteroatoms. The minimum Gasteiger partial charge on any atom is -0.352 e. The Hall–Kier alpha value is -1.10. The molecule has 0 radical (unpaired) electrons. The van der Waals surface area contributed by atoms with Crippen molar-refractivity contribution in [2.45, 2.75) is 71.4 Å². The molecule has 114 valence electrons. The zero-order valence-electron chi connectivity index (χ0n) is 13.1. The van der Waals surface area contributed by atoms with Crippen LogP contribution in [0.15, 0.2) is 4.52 Å². The largest absolute Gasteiger partial charge is 0.352 e. The third kappa shape index (κ3) is 4.20. The van der Waals surface area contributed by atoms with Crippen molar-refractivity contribution >= 4 is 5.95 Å². The molecular weight excluding hydrogens is 252 g/mol. The van der Waals surface area contributed by atoms with E-state index in [2.05, 4.69) is 41.1 Å². The average molecular weight is 280 g/mol. The molecule has 0 aromatic carbocycles. The number of hydrogen-bond donors (Lipinski definition) is 1. The Morgan fingerprint density at radius 1 is 1.40 bits per heavy atom. The standard InChI is InChI=1S/C15H28N4O/c1-4-7-14-17-15(18-20-14)16-10-9-13-8-5-6-11-19(13)12(2)3/h12-13H,4-11H2,1-3H3,(H,16,18). The van der Waals surface area contributed by atoms with Gasteiger partial charge in [-0.05, 0) is 51.2 Å². The smallest absolute Gasteiger partial charge is 0.263 e. The van der Waals surface area contributed by atoms with Gasteiger partial charge >= 0.3 is 0 Å². The highest BCUT2D eigenvalue weighted by molar-refractivity contribution is 5.20. The topological polar surface area (TPSA) is 54.2 Å². The van der Waals surface area contributed by atoms with Crippen LogP contribution in [0.2, 0.25) is 0 Å². The molecule has 1 unspecified atom stereocenters. The van der Waals surface area contributed by atoms with Gasteiger partial charge in [0.05, 0.1) is 0 Å². The highest BCUT2D eigenvalue weighted by Crippen LogP contribution is 2.21. The molecule has 0 aliphatic carbocycles. The summed E-state index contributed by atoms with van der Waals surface area (Å²) in [5.74, 6) is 1.37. The molecule has 20 heavy (non-hydrogen) atoms. The third-order valence-electron chi connectivity index (χ3n) is 4.03. The van der Waals surface area contributed by atoms with Crippen molar-refractivity contribution in [2.75, 3.05) is 18.4 Å². The summed E-state index contributed by atoms with van der Waals surface area (Å²) < 4.78 is 5.17. The lowest BCUT2D eigenvalue weighted by Gasteiger charge is -2.38. The van der Waals surface area contributed by atoms with E-state index in [-0.39, 0.29) is 0 Å². The maximum absolute atomic E-state index is 5.17. The van der Waals surface area contributed by atoms with Gasteiger partial charge in [0.15, 0.2) is 0 Å². The Morgan fingerprint density at radius 3 is 3.00 bits per heavy atom. The molecule has 5 nitrogen and oxygen atoms in total. The highest BCUT2D eigenvalue weighted by Gasteiger charge is 2.23. The first-order valence-corrected chi connectivity index (χ1v) is 8.03.